The monoisotopic (exact) mass is 211 g/mol. The zero-order valence-corrected chi connectivity index (χ0v) is 9.59. The first-order chi connectivity index (χ1) is 6.65. The van der Waals surface area contributed by atoms with Gasteiger partial charge in [-0.05, 0) is 30.9 Å². The van der Waals surface area contributed by atoms with Crippen LogP contribution >= 0.6 is 11.6 Å². The molecule has 0 saturated heterocycles. The van der Waals surface area contributed by atoms with Gasteiger partial charge in [-0.1, -0.05) is 43.1 Å². The lowest BCUT2D eigenvalue weighted by molar-refractivity contribution is 0.428. The number of nitrogens with two attached hydrogens (primary N) is 1. The highest BCUT2D eigenvalue weighted by molar-refractivity contribution is 6.31. The van der Waals surface area contributed by atoms with E-state index >= 15 is 0 Å². The number of rotatable bonds is 4. The third-order valence-electron chi connectivity index (χ3n) is 2.71. The molecule has 78 valence electrons. The van der Waals surface area contributed by atoms with Crippen LogP contribution in [-0.4, -0.2) is 6.04 Å². The van der Waals surface area contributed by atoms with E-state index in [1.165, 1.54) is 5.56 Å². The highest BCUT2D eigenvalue weighted by Crippen LogP contribution is 2.21. The normalized spacial score (nSPS) is 15.1. The van der Waals surface area contributed by atoms with Crippen LogP contribution in [0.2, 0.25) is 5.02 Å². The van der Waals surface area contributed by atoms with E-state index in [1.54, 1.807) is 0 Å². The molecule has 0 fully saturated rings. The summed E-state index contributed by atoms with van der Waals surface area (Å²) in [4.78, 5) is 0. The lowest BCUT2D eigenvalue weighted by Crippen LogP contribution is -2.27. The Hall–Kier alpha value is -0.530. The smallest absolute Gasteiger partial charge is 0.0438 e. The lowest BCUT2D eigenvalue weighted by Gasteiger charge is -2.19. The highest BCUT2D eigenvalue weighted by Gasteiger charge is 2.13. The largest absolute Gasteiger partial charge is 0.328 e. The zero-order chi connectivity index (χ0) is 10.6. The second kappa shape index (κ2) is 5.38. The molecule has 0 amide bonds. The Labute approximate surface area is 91.3 Å². The van der Waals surface area contributed by atoms with E-state index in [0.717, 1.165) is 17.9 Å². The van der Waals surface area contributed by atoms with Gasteiger partial charge in [0.25, 0.3) is 0 Å². The van der Waals surface area contributed by atoms with Crippen LogP contribution in [0.3, 0.4) is 0 Å². The molecule has 0 heterocycles. The molecular formula is C12H18ClN. The van der Waals surface area contributed by atoms with Crippen LogP contribution in [0.4, 0.5) is 0 Å². The van der Waals surface area contributed by atoms with Crippen molar-refractivity contribution in [3.05, 3.63) is 34.9 Å². The van der Waals surface area contributed by atoms with Crippen molar-refractivity contribution in [1.82, 2.24) is 0 Å². The fourth-order valence-electron chi connectivity index (χ4n) is 1.65. The Bertz CT molecular complexity index is 283. The summed E-state index contributed by atoms with van der Waals surface area (Å²) in [5, 5.41) is 0.853. The molecule has 0 bridgehead atoms. The van der Waals surface area contributed by atoms with E-state index < -0.39 is 0 Å². The van der Waals surface area contributed by atoms with Crippen LogP contribution in [0.15, 0.2) is 24.3 Å². The predicted octanol–water partition coefficient (Wildman–Crippen LogP) is 3.26. The topological polar surface area (TPSA) is 26.0 Å². The van der Waals surface area contributed by atoms with Crippen molar-refractivity contribution in [1.29, 1.82) is 0 Å². The highest BCUT2D eigenvalue weighted by atomic mass is 35.5. The van der Waals surface area contributed by atoms with Gasteiger partial charge in [0.2, 0.25) is 0 Å². The Morgan fingerprint density at radius 1 is 1.36 bits per heavy atom. The maximum absolute atomic E-state index is 6.09. The minimum atomic E-state index is 0.233. The lowest BCUT2D eigenvalue weighted by atomic mass is 9.91. The molecule has 2 heteroatoms. The molecule has 0 aromatic heterocycles. The molecule has 1 aromatic carbocycles. The molecule has 0 saturated carbocycles. The van der Waals surface area contributed by atoms with E-state index in [2.05, 4.69) is 19.9 Å². The summed E-state index contributed by atoms with van der Waals surface area (Å²) in [7, 11) is 0. The standard InChI is InChI=1S/C12H18ClN/c1-3-10(9(2)14)8-11-6-4-5-7-12(11)13/h4-7,9-10H,3,8,14H2,1-2H3. The Morgan fingerprint density at radius 3 is 2.50 bits per heavy atom. The van der Waals surface area contributed by atoms with Gasteiger partial charge in [-0.15, -0.1) is 0 Å². The van der Waals surface area contributed by atoms with Crippen LogP contribution in [0.1, 0.15) is 25.8 Å². The fraction of sp³-hybridized carbons (Fsp3) is 0.500. The van der Waals surface area contributed by atoms with Gasteiger partial charge < -0.3 is 5.73 Å². The molecule has 1 nitrogen and oxygen atoms in total. The van der Waals surface area contributed by atoms with Gasteiger partial charge in [0.15, 0.2) is 0 Å². The van der Waals surface area contributed by atoms with Crippen molar-refractivity contribution in [3.8, 4) is 0 Å². The molecular weight excluding hydrogens is 194 g/mol. The zero-order valence-electron chi connectivity index (χ0n) is 8.83. The van der Waals surface area contributed by atoms with E-state index in [4.69, 9.17) is 17.3 Å². The molecule has 1 rings (SSSR count). The third-order valence-corrected chi connectivity index (χ3v) is 3.08. The molecule has 2 atom stereocenters. The maximum Gasteiger partial charge on any atom is 0.0438 e. The summed E-state index contributed by atoms with van der Waals surface area (Å²) in [5.41, 5.74) is 7.11. The van der Waals surface area contributed by atoms with Gasteiger partial charge in [0.1, 0.15) is 0 Å². The first kappa shape index (κ1) is 11.5. The molecule has 0 radical (unpaired) electrons. The summed E-state index contributed by atoms with van der Waals surface area (Å²) in [6, 6.07) is 8.22. The first-order valence-electron chi connectivity index (χ1n) is 5.14. The molecule has 0 aliphatic carbocycles. The summed E-state index contributed by atoms with van der Waals surface area (Å²) in [6.45, 7) is 4.23. The molecule has 0 aliphatic heterocycles. The Kier molecular flexibility index (Phi) is 4.43. The van der Waals surface area contributed by atoms with E-state index in [0.29, 0.717) is 5.92 Å². The fourth-order valence-corrected chi connectivity index (χ4v) is 1.86. The molecule has 0 spiro atoms. The minimum absolute atomic E-state index is 0.233. The van der Waals surface area contributed by atoms with Gasteiger partial charge >= 0.3 is 0 Å². The number of hydrogen-bond donors (Lipinski definition) is 1. The van der Waals surface area contributed by atoms with Crippen molar-refractivity contribution < 1.29 is 0 Å². The SMILES string of the molecule is CCC(Cc1ccccc1Cl)C(C)N. The quantitative estimate of drug-likeness (QED) is 0.813. The van der Waals surface area contributed by atoms with Gasteiger partial charge in [0, 0.05) is 11.1 Å². The second-order valence-corrected chi connectivity index (χ2v) is 4.23. The van der Waals surface area contributed by atoms with Crippen molar-refractivity contribution in [2.45, 2.75) is 32.7 Å². The van der Waals surface area contributed by atoms with E-state index in [1.807, 2.05) is 18.2 Å². The van der Waals surface area contributed by atoms with Gasteiger partial charge in [-0.2, -0.15) is 0 Å². The average molecular weight is 212 g/mol. The second-order valence-electron chi connectivity index (χ2n) is 3.82. The Balaban J connectivity index is 2.72. The molecule has 1 aromatic rings. The summed E-state index contributed by atoms with van der Waals surface area (Å²) >= 11 is 6.09. The van der Waals surface area contributed by atoms with Crippen molar-refractivity contribution in [2.24, 2.45) is 11.7 Å². The summed E-state index contributed by atoms with van der Waals surface area (Å²) in [6.07, 6.45) is 2.08. The van der Waals surface area contributed by atoms with Crippen molar-refractivity contribution in [3.63, 3.8) is 0 Å². The maximum atomic E-state index is 6.09. The van der Waals surface area contributed by atoms with E-state index in [9.17, 15) is 0 Å². The molecule has 2 N–H and O–H groups in total. The van der Waals surface area contributed by atoms with Crippen LogP contribution < -0.4 is 5.73 Å². The molecule has 0 aliphatic rings. The van der Waals surface area contributed by atoms with Crippen LogP contribution in [0.25, 0.3) is 0 Å². The van der Waals surface area contributed by atoms with E-state index in [-0.39, 0.29) is 6.04 Å². The Morgan fingerprint density at radius 2 is 2.00 bits per heavy atom. The van der Waals surface area contributed by atoms with Crippen molar-refractivity contribution in [2.75, 3.05) is 0 Å². The van der Waals surface area contributed by atoms with Crippen LogP contribution in [0, 0.1) is 5.92 Å². The van der Waals surface area contributed by atoms with Gasteiger partial charge in [-0.25, -0.2) is 0 Å². The predicted molar refractivity (Wildman–Crippen MR) is 62.6 cm³/mol. The van der Waals surface area contributed by atoms with Crippen LogP contribution in [-0.2, 0) is 6.42 Å². The first-order valence-corrected chi connectivity index (χ1v) is 5.52. The third kappa shape index (κ3) is 3.00. The number of benzene rings is 1. The number of hydrogen-bond acceptors (Lipinski definition) is 1. The summed E-state index contributed by atoms with van der Waals surface area (Å²) < 4.78 is 0. The van der Waals surface area contributed by atoms with Crippen molar-refractivity contribution >= 4 is 11.6 Å². The van der Waals surface area contributed by atoms with Gasteiger partial charge in [0.05, 0.1) is 0 Å². The molecule has 2 unspecified atom stereocenters. The van der Waals surface area contributed by atoms with Gasteiger partial charge in [-0.3, -0.25) is 0 Å². The molecule has 14 heavy (non-hydrogen) atoms. The minimum Gasteiger partial charge on any atom is -0.328 e. The average Bonchev–Trinajstić information content (AvgIpc) is 2.16. The van der Waals surface area contributed by atoms with Crippen LogP contribution in [0.5, 0.6) is 0 Å². The summed E-state index contributed by atoms with van der Waals surface area (Å²) in [5.74, 6) is 0.523. The number of halogens is 1.